The highest BCUT2D eigenvalue weighted by Crippen LogP contribution is 2.32. The Bertz CT molecular complexity index is 683. The van der Waals surface area contributed by atoms with Gasteiger partial charge >= 0.3 is 0 Å². The molecule has 3 rings (SSSR count). The maximum absolute atomic E-state index is 11.6. The molecule has 0 aliphatic carbocycles. The van der Waals surface area contributed by atoms with Gasteiger partial charge in [-0.1, -0.05) is 0 Å². The monoisotopic (exact) mass is 286 g/mol. The molecule has 2 heterocycles. The first-order valence-corrected chi connectivity index (χ1v) is 7.47. The molecule has 0 radical (unpaired) electrons. The predicted octanol–water partition coefficient (Wildman–Crippen LogP) is 2.05. The van der Waals surface area contributed by atoms with Crippen molar-refractivity contribution in [1.82, 2.24) is 10.3 Å². The van der Waals surface area contributed by atoms with Crippen LogP contribution in [0.4, 0.5) is 5.69 Å². The van der Waals surface area contributed by atoms with E-state index in [4.69, 9.17) is 5.73 Å². The summed E-state index contributed by atoms with van der Waals surface area (Å²) in [6, 6.07) is 4.20. The van der Waals surface area contributed by atoms with E-state index in [-0.39, 0.29) is 0 Å². The van der Waals surface area contributed by atoms with Crippen LogP contribution in [-0.2, 0) is 0 Å². The second kappa shape index (κ2) is 5.41. The Labute approximate surface area is 124 Å². The number of benzene rings is 1. The van der Waals surface area contributed by atoms with Crippen LogP contribution in [0.25, 0.3) is 10.9 Å². The van der Waals surface area contributed by atoms with Gasteiger partial charge in [0.2, 0.25) is 0 Å². The first kappa shape index (κ1) is 13.9. The summed E-state index contributed by atoms with van der Waals surface area (Å²) in [6.45, 7) is 6.16. The molecule has 0 saturated carbocycles. The molecule has 112 valence electrons. The van der Waals surface area contributed by atoms with E-state index in [9.17, 15) is 4.79 Å². The molecule has 1 aliphatic rings. The van der Waals surface area contributed by atoms with Crippen LogP contribution in [0.5, 0.6) is 0 Å². The van der Waals surface area contributed by atoms with Crippen LogP contribution >= 0.6 is 0 Å². The molecular formula is C16H22N4O. The molecule has 1 aromatic carbocycles. The van der Waals surface area contributed by atoms with Gasteiger partial charge in [0.15, 0.2) is 0 Å². The lowest BCUT2D eigenvalue weighted by Crippen LogP contribution is -2.38. The molecule has 1 saturated heterocycles. The molecule has 5 N–H and O–H groups in total. The number of rotatable bonds is 3. The van der Waals surface area contributed by atoms with Gasteiger partial charge in [0.05, 0.1) is 11.1 Å². The van der Waals surface area contributed by atoms with Crippen LogP contribution in [-0.4, -0.2) is 30.0 Å². The van der Waals surface area contributed by atoms with Crippen molar-refractivity contribution in [2.75, 3.05) is 18.4 Å². The number of hydrogen-bond acceptors (Lipinski definition) is 3. The molecule has 21 heavy (non-hydrogen) atoms. The Balaban J connectivity index is 2.06. The molecule has 0 bridgehead atoms. The predicted molar refractivity (Wildman–Crippen MR) is 85.8 cm³/mol. The third-order valence-electron chi connectivity index (χ3n) is 4.38. The lowest BCUT2D eigenvalue weighted by atomic mass is 10.0. The number of aromatic amines is 1. The van der Waals surface area contributed by atoms with Gasteiger partial charge in [-0.2, -0.15) is 0 Å². The quantitative estimate of drug-likeness (QED) is 0.697. The average molecular weight is 286 g/mol. The zero-order chi connectivity index (χ0) is 15.0. The van der Waals surface area contributed by atoms with Crippen molar-refractivity contribution >= 4 is 22.5 Å². The minimum absolute atomic E-state index is 0.396. The molecule has 1 aliphatic heterocycles. The van der Waals surface area contributed by atoms with Gasteiger partial charge in [0, 0.05) is 29.4 Å². The number of carbonyl (C=O) groups excluding carboxylic acids is 1. The number of carbonyl (C=O) groups is 1. The van der Waals surface area contributed by atoms with Crippen molar-refractivity contribution in [1.29, 1.82) is 0 Å². The summed E-state index contributed by atoms with van der Waals surface area (Å²) >= 11 is 0. The number of aryl methyl sites for hydroxylation is 2. The molecule has 5 heteroatoms. The molecule has 5 nitrogen and oxygen atoms in total. The highest BCUT2D eigenvalue weighted by Gasteiger charge is 2.18. The number of nitrogens with one attached hydrogen (secondary N) is 3. The largest absolute Gasteiger partial charge is 0.380 e. The van der Waals surface area contributed by atoms with Crippen LogP contribution < -0.4 is 16.4 Å². The van der Waals surface area contributed by atoms with Crippen LogP contribution in [0.1, 0.15) is 34.5 Å². The SMILES string of the molecule is Cc1[nH]c2c(C(N)=O)ccc(NC3CCCNC3)c2c1C. The van der Waals surface area contributed by atoms with Crippen molar-refractivity contribution in [2.45, 2.75) is 32.7 Å². The minimum atomic E-state index is -0.396. The number of primary amides is 1. The van der Waals surface area contributed by atoms with Crippen molar-refractivity contribution < 1.29 is 4.79 Å². The fourth-order valence-corrected chi connectivity index (χ4v) is 3.11. The van der Waals surface area contributed by atoms with E-state index >= 15 is 0 Å². The van der Waals surface area contributed by atoms with E-state index in [1.54, 1.807) is 6.07 Å². The summed E-state index contributed by atoms with van der Waals surface area (Å²) in [5.74, 6) is -0.396. The summed E-state index contributed by atoms with van der Waals surface area (Å²) in [5, 5.41) is 8.10. The zero-order valence-electron chi connectivity index (χ0n) is 12.5. The number of piperidine rings is 1. The highest BCUT2D eigenvalue weighted by molar-refractivity contribution is 6.09. The minimum Gasteiger partial charge on any atom is -0.380 e. The van der Waals surface area contributed by atoms with E-state index in [2.05, 4.69) is 22.5 Å². The molecule has 1 unspecified atom stereocenters. The molecule has 2 aromatic rings. The zero-order valence-corrected chi connectivity index (χ0v) is 12.5. The van der Waals surface area contributed by atoms with E-state index in [1.165, 1.54) is 12.0 Å². The van der Waals surface area contributed by atoms with Gasteiger partial charge in [0.1, 0.15) is 0 Å². The maximum atomic E-state index is 11.6. The third-order valence-corrected chi connectivity index (χ3v) is 4.38. The van der Waals surface area contributed by atoms with Crippen molar-refractivity contribution in [3.8, 4) is 0 Å². The standard InChI is InChI=1S/C16H22N4O/c1-9-10(2)19-15-12(16(17)21)5-6-13(14(9)15)20-11-4-3-7-18-8-11/h5-6,11,18-20H,3-4,7-8H2,1-2H3,(H2,17,21). The summed E-state index contributed by atoms with van der Waals surface area (Å²) < 4.78 is 0. The van der Waals surface area contributed by atoms with E-state index in [1.807, 2.05) is 13.0 Å². The van der Waals surface area contributed by atoms with Gasteiger partial charge in [-0.3, -0.25) is 4.79 Å². The molecule has 1 aromatic heterocycles. The Morgan fingerprint density at radius 2 is 2.19 bits per heavy atom. The molecule has 1 atom stereocenters. The molecule has 1 amide bonds. The number of H-pyrrole nitrogens is 1. The van der Waals surface area contributed by atoms with Crippen molar-refractivity contribution in [3.05, 3.63) is 29.0 Å². The first-order chi connectivity index (χ1) is 10.1. The topological polar surface area (TPSA) is 82.9 Å². The van der Waals surface area contributed by atoms with E-state index in [0.29, 0.717) is 11.6 Å². The summed E-state index contributed by atoms with van der Waals surface area (Å²) in [6.07, 6.45) is 2.35. The first-order valence-electron chi connectivity index (χ1n) is 7.47. The second-order valence-corrected chi connectivity index (χ2v) is 5.84. The number of anilines is 1. The van der Waals surface area contributed by atoms with Gasteiger partial charge < -0.3 is 21.4 Å². The fourth-order valence-electron chi connectivity index (χ4n) is 3.11. The van der Waals surface area contributed by atoms with Crippen LogP contribution in [0.15, 0.2) is 12.1 Å². The lowest BCUT2D eigenvalue weighted by molar-refractivity contribution is 0.100. The number of nitrogens with two attached hydrogens (primary N) is 1. The Hall–Kier alpha value is -2.01. The Kier molecular flexibility index (Phi) is 3.59. The maximum Gasteiger partial charge on any atom is 0.250 e. The number of amides is 1. The van der Waals surface area contributed by atoms with Crippen molar-refractivity contribution in [2.24, 2.45) is 5.73 Å². The van der Waals surface area contributed by atoms with E-state index in [0.717, 1.165) is 41.8 Å². The number of aromatic nitrogens is 1. The van der Waals surface area contributed by atoms with Gasteiger partial charge in [-0.15, -0.1) is 0 Å². The smallest absolute Gasteiger partial charge is 0.250 e. The van der Waals surface area contributed by atoms with Crippen LogP contribution in [0.3, 0.4) is 0 Å². The summed E-state index contributed by atoms with van der Waals surface area (Å²) in [7, 11) is 0. The fraction of sp³-hybridized carbons (Fsp3) is 0.438. The average Bonchev–Trinajstić information content (AvgIpc) is 2.76. The van der Waals surface area contributed by atoms with Crippen LogP contribution in [0.2, 0.25) is 0 Å². The van der Waals surface area contributed by atoms with Gasteiger partial charge in [-0.05, 0) is 50.9 Å². The van der Waals surface area contributed by atoms with Crippen molar-refractivity contribution in [3.63, 3.8) is 0 Å². The summed E-state index contributed by atoms with van der Waals surface area (Å²) in [4.78, 5) is 14.9. The number of hydrogen-bond donors (Lipinski definition) is 4. The van der Waals surface area contributed by atoms with Gasteiger partial charge in [-0.25, -0.2) is 0 Å². The van der Waals surface area contributed by atoms with Gasteiger partial charge in [0.25, 0.3) is 5.91 Å². The lowest BCUT2D eigenvalue weighted by Gasteiger charge is -2.25. The third kappa shape index (κ3) is 2.49. The molecule has 0 spiro atoms. The highest BCUT2D eigenvalue weighted by atomic mass is 16.1. The normalized spacial score (nSPS) is 18.9. The molecule has 1 fully saturated rings. The Morgan fingerprint density at radius 1 is 1.38 bits per heavy atom. The Morgan fingerprint density at radius 3 is 2.86 bits per heavy atom. The second-order valence-electron chi connectivity index (χ2n) is 5.84. The molecular weight excluding hydrogens is 264 g/mol. The van der Waals surface area contributed by atoms with Crippen LogP contribution in [0, 0.1) is 13.8 Å². The number of fused-ring (bicyclic) bond motifs is 1. The van der Waals surface area contributed by atoms with E-state index < -0.39 is 5.91 Å². The summed E-state index contributed by atoms with van der Waals surface area (Å²) in [5.41, 5.74) is 10.2.